The van der Waals surface area contributed by atoms with Gasteiger partial charge in [-0.3, -0.25) is 14.4 Å². The van der Waals surface area contributed by atoms with E-state index in [0.717, 1.165) is 12.8 Å². The number of rotatable bonds is 5. The summed E-state index contributed by atoms with van der Waals surface area (Å²) in [5, 5.41) is 16.3. The predicted octanol–water partition coefficient (Wildman–Crippen LogP) is 1.02. The van der Waals surface area contributed by atoms with Crippen molar-refractivity contribution < 1.29 is 14.6 Å². The molecule has 0 aliphatic carbocycles. The number of amides is 1. The van der Waals surface area contributed by atoms with Gasteiger partial charge in [-0.05, 0) is 25.0 Å². The molecule has 0 saturated carbocycles. The fourth-order valence-corrected chi connectivity index (χ4v) is 2.89. The Morgan fingerprint density at radius 1 is 1.15 bits per heavy atom. The Kier molecular flexibility index (Phi) is 4.94. The first kappa shape index (κ1) is 17.9. The summed E-state index contributed by atoms with van der Waals surface area (Å²) in [5.41, 5.74) is -0.614. The maximum absolute atomic E-state index is 12.1. The summed E-state index contributed by atoms with van der Waals surface area (Å²) < 4.78 is 5.28. The molecule has 0 bridgehead atoms. The zero-order valence-corrected chi connectivity index (χ0v) is 14.7. The van der Waals surface area contributed by atoms with Gasteiger partial charge in [-0.2, -0.15) is 0 Å². The number of ether oxygens (including phenoxy) is 1. The van der Waals surface area contributed by atoms with Crippen LogP contribution in [0.3, 0.4) is 0 Å². The van der Waals surface area contributed by atoms with Gasteiger partial charge in [0, 0.05) is 33.4 Å². The van der Waals surface area contributed by atoms with Crippen molar-refractivity contribution in [2.75, 3.05) is 37.9 Å². The van der Waals surface area contributed by atoms with Crippen LogP contribution in [0, 0.1) is 0 Å². The third-order valence-electron chi connectivity index (χ3n) is 4.41. The number of anilines is 3. The number of carbonyl (C=O) groups excluding carboxylic acids is 1. The summed E-state index contributed by atoms with van der Waals surface area (Å²) in [6, 6.07) is 4.68. The van der Waals surface area contributed by atoms with Crippen LogP contribution in [0.4, 0.5) is 17.1 Å². The standard InChI is InChI=1S/C18H21N3O5/c1-21(2)18(25)11-4-3-5-12(15(11)22)20-14-13(16(23)17(14)24)19-10-6-8-26-9-7-10/h3-5,10,19-20,22H,6-9H2,1-2H3. The van der Waals surface area contributed by atoms with Crippen molar-refractivity contribution >= 4 is 23.0 Å². The largest absolute Gasteiger partial charge is 0.505 e. The van der Waals surface area contributed by atoms with Crippen LogP contribution in [0.1, 0.15) is 23.2 Å². The first-order valence-corrected chi connectivity index (χ1v) is 8.38. The molecule has 0 atom stereocenters. The lowest BCUT2D eigenvalue weighted by Gasteiger charge is -2.26. The summed E-state index contributed by atoms with van der Waals surface area (Å²) >= 11 is 0. The molecule has 1 amide bonds. The van der Waals surface area contributed by atoms with Crippen LogP contribution >= 0.6 is 0 Å². The summed E-state index contributed by atoms with van der Waals surface area (Å²) in [7, 11) is 3.16. The summed E-state index contributed by atoms with van der Waals surface area (Å²) in [4.78, 5) is 37.3. The van der Waals surface area contributed by atoms with E-state index in [1.807, 2.05) is 0 Å². The topological polar surface area (TPSA) is 108 Å². The van der Waals surface area contributed by atoms with Crippen molar-refractivity contribution in [1.29, 1.82) is 0 Å². The lowest BCUT2D eigenvalue weighted by Crippen LogP contribution is -2.40. The molecule has 138 valence electrons. The highest BCUT2D eigenvalue weighted by atomic mass is 16.5. The first-order chi connectivity index (χ1) is 12.4. The number of phenols is 1. The van der Waals surface area contributed by atoms with Gasteiger partial charge >= 0.3 is 0 Å². The molecule has 0 spiro atoms. The molecule has 3 rings (SSSR count). The van der Waals surface area contributed by atoms with Gasteiger partial charge in [-0.15, -0.1) is 0 Å². The van der Waals surface area contributed by atoms with Crippen molar-refractivity contribution in [3.63, 3.8) is 0 Å². The zero-order valence-electron chi connectivity index (χ0n) is 14.7. The molecule has 1 fully saturated rings. The summed E-state index contributed by atoms with van der Waals surface area (Å²) in [5.74, 6) is -0.632. The van der Waals surface area contributed by atoms with Crippen LogP contribution in [0.5, 0.6) is 5.75 Å². The molecule has 8 heteroatoms. The number of aromatic hydroxyl groups is 1. The van der Waals surface area contributed by atoms with Crippen LogP contribution in [-0.2, 0) is 4.74 Å². The van der Waals surface area contributed by atoms with Crippen LogP contribution in [0.15, 0.2) is 27.8 Å². The number of para-hydroxylation sites is 1. The fraction of sp³-hybridized carbons (Fsp3) is 0.389. The van der Waals surface area contributed by atoms with Gasteiger partial charge in [0.1, 0.15) is 11.4 Å². The third-order valence-corrected chi connectivity index (χ3v) is 4.41. The lowest BCUT2D eigenvalue weighted by atomic mass is 10.1. The third kappa shape index (κ3) is 3.28. The highest BCUT2D eigenvalue weighted by molar-refractivity contribution is 5.99. The molecule has 8 nitrogen and oxygen atoms in total. The maximum atomic E-state index is 12.1. The number of benzene rings is 1. The van der Waals surface area contributed by atoms with Crippen molar-refractivity contribution in [3.8, 4) is 5.75 Å². The Bertz CT molecular complexity index is 893. The number of phenolic OH excluding ortho intramolecular Hbond substituents is 1. The molecule has 1 aliphatic rings. The van der Waals surface area contributed by atoms with Crippen molar-refractivity contribution in [3.05, 3.63) is 44.2 Å². The minimum absolute atomic E-state index is 0.0582. The number of nitrogens with zero attached hydrogens (tertiary/aromatic N) is 1. The van der Waals surface area contributed by atoms with Gasteiger partial charge in [-0.1, -0.05) is 6.07 Å². The van der Waals surface area contributed by atoms with Crippen LogP contribution in [0.2, 0.25) is 0 Å². The average Bonchev–Trinajstić information content (AvgIpc) is 2.65. The number of carbonyl (C=O) groups is 1. The molecular weight excluding hydrogens is 338 g/mol. The number of hydrogen-bond donors (Lipinski definition) is 3. The van der Waals surface area contributed by atoms with E-state index in [0.29, 0.717) is 13.2 Å². The predicted molar refractivity (Wildman–Crippen MR) is 98.2 cm³/mol. The molecule has 26 heavy (non-hydrogen) atoms. The smallest absolute Gasteiger partial charge is 0.257 e. The molecular formula is C18H21N3O5. The molecule has 2 aromatic carbocycles. The van der Waals surface area contributed by atoms with Crippen molar-refractivity contribution in [1.82, 2.24) is 4.90 Å². The van der Waals surface area contributed by atoms with E-state index in [1.165, 1.54) is 17.0 Å². The van der Waals surface area contributed by atoms with E-state index in [1.54, 1.807) is 20.2 Å². The summed E-state index contributed by atoms with van der Waals surface area (Å²) in [6.07, 6.45) is 1.49. The lowest BCUT2D eigenvalue weighted by molar-refractivity contribution is 0.0824. The Labute approximate surface area is 150 Å². The molecule has 3 N–H and O–H groups in total. The van der Waals surface area contributed by atoms with E-state index in [4.69, 9.17) is 4.74 Å². The van der Waals surface area contributed by atoms with Crippen LogP contribution < -0.4 is 21.5 Å². The second-order valence-electron chi connectivity index (χ2n) is 6.47. The molecule has 2 aromatic rings. The Morgan fingerprint density at radius 2 is 1.81 bits per heavy atom. The first-order valence-electron chi connectivity index (χ1n) is 8.38. The minimum atomic E-state index is -0.650. The maximum Gasteiger partial charge on any atom is 0.257 e. The highest BCUT2D eigenvalue weighted by Gasteiger charge is 2.26. The van der Waals surface area contributed by atoms with E-state index in [2.05, 4.69) is 10.6 Å². The van der Waals surface area contributed by atoms with Gasteiger partial charge in [0.05, 0.1) is 11.3 Å². The Morgan fingerprint density at radius 3 is 2.46 bits per heavy atom. The van der Waals surface area contributed by atoms with Crippen LogP contribution in [-0.4, -0.2) is 49.3 Å². The fourth-order valence-electron chi connectivity index (χ4n) is 2.89. The van der Waals surface area contributed by atoms with Gasteiger partial charge in [0.15, 0.2) is 5.75 Å². The monoisotopic (exact) mass is 359 g/mol. The van der Waals surface area contributed by atoms with Crippen molar-refractivity contribution in [2.24, 2.45) is 0 Å². The van der Waals surface area contributed by atoms with Crippen LogP contribution in [0.25, 0.3) is 0 Å². The Balaban J connectivity index is 1.85. The van der Waals surface area contributed by atoms with Gasteiger partial charge in [0.25, 0.3) is 16.8 Å². The van der Waals surface area contributed by atoms with Crippen molar-refractivity contribution in [2.45, 2.75) is 18.9 Å². The molecule has 0 aromatic heterocycles. The second-order valence-corrected chi connectivity index (χ2v) is 6.47. The zero-order chi connectivity index (χ0) is 18.8. The Hall–Kier alpha value is -2.87. The highest BCUT2D eigenvalue weighted by Crippen LogP contribution is 2.32. The molecule has 0 unspecified atom stereocenters. The minimum Gasteiger partial charge on any atom is -0.505 e. The SMILES string of the molecule is CN(C)C(=O)c1cccc(Nc2c(NC3CCOCC3)c(=O)c2=O)c1O. The molecule has 1 saturated heterocycles. The summed E-state index contributed by atoms with van der Waals surface area (Å²) in [6.45, 7) is 1.21. The van der Waals surface area contributed by atoms with Gasteiger partial charge in [-0.25, -0.2) is 0 Å². The second kappa shape index (κ2) is 7.17. The molecule has 0 radical (unpaired) electrons. The molecule has 1 heterocycles. The van der Waals surface area contributed by atoms with E-state index in [-0.39, 0.29) is 40.3 Å². The number of hydrogen-bond acceptors (Lipinski definition) is 7. The van der Waals surface area contributed by atoms with E-state index < -0.39 is 10.9 Å². The molecule has 1 aliphatic heterocycles. The van der Waals surface area contributed by atoms with E-state index in [9.17, 15) is 19.5 Å². The normalized spacial score (nSPS) is 15.0. The number of nitrogens with one attached hydrogen (secondary N) is 2. The van der Waals surface area contributed by atoms with Gasteiger partial charge in [0.2, 0.25) is 0 Å². The average molecular weight is 359 g/mol. The van der Waals surface area contributed by atoms with E-state index >= 15 is 0 Å². The quantitative estimate of drug-likeness (QED) is 0.540. The van der Waals surface area contributed by atoms with Gasteiger partial charge < -0.3 is 25.4 Å².